The molecule has 1 saturated heterocycles. The monoisotopic (exact) mass is 228 g/mol. The number of rotatable bonds is 0. The van der Waals surface area contributed by atoms with Crippen molar-refractivity contribution in [3.8, 4) is 0 Å². The fraction of sp³-hybridized carbons (Fsp3) is 0.909. The summed E-state index contributed by atoms with van der Waals surface area (Å²) in [4.78, 5) is 7.11. The van der Waals surface area contributed by atoms with Crippen molar-refractivity contribution < 1.29 is 4.74 Å². The average Bonchev–Trinajstić information content (AvgIpc) is 2.13. The molecule has 0 spiro atoms. The SMILES string of the molecule is CSC1=NC(C)(C)CC2(C)OCCCN12. The summed E-state index contributed by atoms with van der Waals surface area (Å²) in [5.74, 6) is 0. The van der Waals surface area contributed by atoms with E-state index >= 15 is 0 Å². The summed E-state index contributed by atoms with van der Waals surface area (Å²) in [6.07, 6.45) is 4.18. The molecule has 2 rings (SSSR count). The molecule has 2 heterocycles. The van der Waals surface area contributed by atoms with E-state index in [1.165, 1.54) is 0 Å². The molecule has 15 heavy (non-hydrogen) atoms. The van der Waals surface area contributed by atoms with Gasteiger partial charge in [0.15, 0.2) is 5.17 Å². The fourth-order valence-electron chi connectivity index (χ4n) is 2.59. The van der Waals surface area contributed by atoms with Crippen molar-refractivity contribution in [2.75, 3.05) is 19.4 Å². The van der Waals surface area contributed by atoms with Gasteiger partial charge in [-0.1, -0.05) is 11.8 Å². The number of thioether (sulfide) groups is 1. The number of hydrogen-bond donors (Lipinski definition) is 0. The topological polar surface area (TPSA) is 24.8 Å². The van der Waals surface area contributed by atoms with Gasteiger partial charge < -0.3 is 9.64 Å². The van der Waals surface area contributed by atoms with Crippen LogP contribution >= 0.6 is 11.8 Å². The van der Waals surface area contributed by atoms with Gasteiger partial charge in [0.05, 0.1) is 12.1 Å². The van der Waals surface area contributed by atoms with Crippen LogP contribution in [0.2, 0.25) is 0 Å². The highest BCUT2D eigenvalue weighted by Gasteiger charge is 2.45. The molecule has 0 aromatic heterocycles. The van der Waals surface area contributed by atoms with Crippen LogP contribution in [0.25, 0.3) is 0 Å². The minimum Gasteiger partial charge on any atom is -0.356 e. The van der Waals surface area contributed by atoms with Crippen LogP contribution in [0.15, 0.2) is 4.99 Å². The second-order valence-electron chi connectivity index (χ2n) is 5.12. The van der Waals surface area contributed by atoms with Gasteiger partial charge in [0.1, 0.15) is 5.72 Å². The van der Waals surface area contributed by atoms with Crippen molar-refractivity contribution in [1.82, 2.24) is 4.90 Å². The first-order valence-corrected chi connectivity index (χ1v) is 6.75. The Morgan fingerprint density at radius 1 is 1.40 bits per heavy atom. The molecule has 0 saturated carbocycles. The molecule has 86 valence electrons. The lowest BCUT2D eigenvalue weighted by Gasteiger charge is -2.51. The third kappa shape index (κ3) is 2.02. The molecule has 0 aliphatic carbocycles. The Balaban J connectivity index is 2.34. The average molecular weight is 228 g/mol. The van der Waals surface area contributed by atoms with Gasteiger partial charge in [-0.15, -0.1) is 0 Å². The van der Waals surface area contributed by atoms with E-state index in [1.807, 2.05) is 0 Å². The third-order valence-corrected chi connectivity index (χ3v) is 3.76. The van der Waals surface area contributed by atoms with E-state index < -0.39 is 0 Å². The third-order valence-electron chi connectivity index (χ3n) is 3.08. The lowest BCUT2D eigenvalue weighted by molar-refractivity contribution is -0.160. The number of amidine groups is 1. The molecule has 0 radical (unpaired) electrons. The van der Waals surface area contributed by atoms with Crippen LogP contribution in [0.5, 0.6) is 0 Å². The zero-order valence-corrected chi connectivity index (χ0v) is 10.9. The molecule has 3 nitrogen and oxygen atoms in total. The summed E-state index contributed by atoms with van der Waals surface area (Å²) in [6.45, 7) is 8.52. The first-order chi connectivity index (χ1) is 6.97. The van der Waals surface area contributed by atoms with E-state index in [-0.39, 0.29) is 11.3 Å². The molecule has 4 heteroatoms. The lowest BCUT2D eigenvalue weighted by Crippen LogP contribution is -2.60. The Hall–Kier alpha value is -0.220. The maximum absolute atomic E-state index is 5.97. The Bertz CT molecular complexity index is 290. The van der Waals surface area contributed by atoms with E-state index in [9.17, 15) is 0 Å². The predicted molar refractivity (Wildman–Crippen MR) is 65.3 cm³/mol. The van der Waals surface area contributed by atoms with Crippen LogP contribution in [0, 0.1) is 0 Å². The summed E-state index contributed by atoms with van der Waals surface area (Å²) in [5, 5.41) is 1.13. The predicted octanol–water partition coefficient (Wildman–Crippen LogP) is 2.33. The Labute approximate surface area is 96.3 Å². The quantitative estimate of drug-likeness (QED) is 0.636. The fourth-order valence-corrected chi connectivity index (χ4v) is 3.43. The number of nitrogens with zero attached hydrogens (tertiary/aromatic N) is 2. The summed E-state index contributed by atoms with van der Waals surface area (Å²) in [6, 6.07) is 0. The number of aliphatic imine (C=N–C) groups is 1. The van der Waals surface area contributed by atoms with Crippen molar-refractivity contribution in [2.24, 2.45) is 4.99 Å². The smallest absolute Gasteiger partial charge is 0.161 e. The van der Waals surface area contributed by atoms with Gasteiger partial charge in [0, 0.05) is 13.0 Å². The van der Waals surface area contributed by atoms with Crippen molar-refractivity contribution in [2.45, 2.75) is 44.9 Å². The molecule has 0 aromatic carbocycles. The molecule has 1 atom stereocenters. The largest absolute Gasteiger partial charge is 0.356 e. The van der Waals surface area contributed by atoms with Crippen LogP contribution < -0.4 is 0 Å². The van der Waals surface area contributed by atoms with Crippen LogP contribution in [-0.4, -0.2) is 40.7 Å². The van der Waals surface area contributed by atoms with E-state index in [2.05, 4.69) is 31.9 Å². The van der Waals surface area contributed by atoms with E-state index in [1.54, 1.807) is 11.8 Å². The van der Waals surface area contributed by atoms with Gasteiger partial charge in [0.2, 0.25) is 0 Å². The van der Waals surface area contributed by atoms with Gasteiger partial charge in [-0.3, -0.25) is 4.99 Å². The van der Waals surface area contributed by atoms with Crippen LogP contribution in [-0.2, 0) is 4.74 Å². The molecule has 2 aliphatic rings. The first-order valence-electron chi connectivity index (χ1n) is 5.52. The van der Waals surface area contributed by atoms with Gasteiger partial charge in [0.25, 0.3) is 0 Å². The Morgan fingerprint density at radius 3 is 2.80 bits per heavy atom. The molecular weight excluding hydrogens is 208 g/mol. The lowest BCUT2D eigenvalue weighted by atomic mass is 9.90. The molecule has 0 bridgehead atoms. The standard InChI is InChI=1S/C11H20N2OS/c1-10(2)8-11(3)13(6-5-7-14-11)9(12-10)15-4/h5-8H2,1-4H3. The van der Waals surface area contributed by atoms with Crippen molar-refractivity contribution in [3.63, 3.8) is 0 Å². The summed E-state index contributed by atoms with van der Waals surface area (Å²) < 4.78 is 5.97. The molecule has 2 aliphatic heterocycles. The summed E-state index contributed by atoms with van der Waals surface area (Å²) >= 11 is 1.73. The molecule has 0 aromatic rings. The zero-order valence-electron chi connectivity index (χ0n) is 10.0. The van der Waals surface area contributed by atoms with Crippen LogP contribution in [0.4, 0.5) is 0 Å². The Kier molecular flexibility index (Phi) is 2.75. The summed E-state index contributed by atoms with van der Waals surface area (Å²) in [5.41, 5.74) is -0.136. The molecule has 1 unspecified atom stereocenters. The van der Waals surface area contributed by atoms with E-state index in [0.29, 0.717) is 0 Å². The number of hydrogen-bond acceptors (Lipinski definition) is 4. The van der Waals surface area contributed by atoms with Crippen molar-refractivity contribution >= 4 is 16.9 Å². The van der Waals surface area contributed by atoms with Gasteiger partial charge in [-0.2, -0.15) is 0 Å². The highest BCUT2D eigenvalue weighted by molar-refractivity contribution is 8.13. The second-order valence-corrected chi connectivity index (χ2v) is 5.89. The molecule has 0 amide bonds. The molecule has 0 N–H and O–H groups in total. The number of ether oxygens (including phenoxy) is 1. The van der Waals surface area contributed by atoms with Gasteiger partial charge in [-0.25, -0.2) is 0 Å². The van der Waals surface area contributed by atoms with E-state index in [4.69, 9.17) is 9.73 Å². The minimum atomic E-state index is -0.137. The second kappa shape index (κ2) is 3.67. The van der Waals surface area contributed by atoms with Crippen LogP contribution in [0.1, 0.15) is 33.6 Å². The zero-order chi connectivity index (χ0) is 11.1. The molecular formula is C11H20N2OS. The van der Waals surface area contributed by atoms with E-state index in [0.717, 1.165) is 31.2 Å². The maximum Gasteiger partial charge on any atom is 0.161 e. The van der Waals surface area contributed by atoms with Gasteiger partial charge >= 0.3 is 0 Å². The maximum atomic E-state index is 5.97. The summed E-state index contributed by atoms with van der Waals surface area (Å²) in [7, 11) is 0. The highest BCUT2D eigenvalue weighted by Crippen LogP contribution is 2.38. The van der Waals surface area contributed by atoms with Crippen molar-refractivity contribution in [1.29, 1.82) is 0 Å². The van der Waals surface area contributed by atoms with Gasteiger partial charge in [-0.05, 0) is 33.4 Å². The molecule has 1 fully saturated rings. The highest BCUT2D eigenvalue weighted by atomic mass is 32.2. The van der Waals surface area contributed by atoms with Crippen molar-refractivity contribution in [3.05, 3.63) is 0 Å². The minimum absolute atomic E-state index is 0.000926. The van der Waals surface area contributed by atoms with Crippen LogP contribution in [0.3, 0.4) is 0 Å². The normalized spacial score (nSPS) is 34.7. The Morgan fingerprint density at radius 2 is 2.13 bits per heavy atom. The first kappa shape index (κ1) is 11.3. The number of fused-ring (bicyclic) bond motifs is 1.